The van der Waals surface area contributed by atoms with E-state index in [4.69, 9.17) is 9.47 Å². The van der Waals surface area contributed by atoms with Gasteiger partial charge in [0, 0.05) is 26.1 Å². The molecule has 0 saturated carbocycles. The zero-order valence-electron chi connectivity index (χ0n) is 18.9. The van der Waals surface area contributed by atoms with Gasteiger partial charge in [0.15, 0.2) is 11.5 Å². The van der Waals surface area contributed by atoms with Crippen LogP contribution in [0.15, 0.2) is 46.0 Å². The van der Waals surface area contributed by atoms with Crippen LogP contribution in [-0.4, -0.2) is 52.4 Å². The highest BCUT2D eigenvalue weighted by Crippen LogP contribution is 2.28. The number of amides is 1. The number of nitrogens with zero attached hydrogens (tertiary/aromatic N) is 3. The minimum absolute atomic E-state index is 0.00833. The van der Waals surface area contributed by atoms with E-state index in [-0.39, 0.29) is 29.6 Å². The van der Waals surface area contributed by atoms with Gasteiger partial charge in [-0.3, -0.25) is 18.7 Å². The summed E-state index contributed by atoms with van der Waals surface area (Å²) >= 11 is 0. The van der Waals surface area contributed by atoms with E-state index in [2.05, 4.69) is 0 Å². The highest BCUT2D eigenvalue weighted by Gasteiger charge is 2.26. The number of benzene rings is 2. The summed E-state index contributed by atoms with van der Waals surface area (Å²) in [6.07, 6.45) is 1.20. The predicted octanol–water partition coefficient (Wildman–Crippen LogP) is 2.12. The number of carbonyl (C=O) groups excluding carboxylic acids is 1. The molecular formula is C24H27N3O6. The number of aromatic nitrogens is 2. The van der Waals surface area contributed by atoms with Crippen molar-refractivity contribution in [1.29, 1.82) is 0 Å². The zero-order valence-corrected chi connectivity index (χ0v) is 18.9. The number of ether oxygens (including phenoxy) is 2. The maximum atomic E-state index is 13.6. The lowest BCUT2D eigenvalue weighted by Crippen LogP contribution is -2.45. The second-order valence-corrected chi connectivity index (χ2v) is 8.17. The highest BCUT2D eigenvalue weighted by atomic mass is 16.5. The Bertz CT molecular complexity index is 1320. The number of hydrogen-bond acceptors (Lipinski definition) is 6. The molecule has 1 saturated heterocycles. The highest BCUT2D eigenvalue weighted by molar-refractivity contribution is 5.80. The van der Waals surface area contributed by atoms with Crippen molar-refractivity contribution in [1.82, 2.24) is 14.0 Å². The second-order valence-electron chi connectivity index (χ2n) is 8.17. The van der Waals surface area contributed by atoms with Crippen LogP contribution in [-0.2, 0) is 11.3 Å². The summed E-state index contributed by atoms with van der Waals surface area (Å²) in [6.45, 7) is 2.66. The number of fused-ring (bicyclic) bond motifs is 1. The van der Waals surface area contributed by atoms with Gasteiger partial charge in [-0.25, -0.2) is 4.79 Å². The molecule has 1 fully saturated rings. The molecule has 9 nitrogen and oxygen atoms in total. The topological polar surface area (TPSA) is 103 Å². The summed E-state index contributed by atoms with van der Waals surface area (Å²) in [5.74, 6) is 1.01. The van der Waals surface area contributed by atoms with Crippen LogP contribution in [0.3, 0.4) is 0 Å². The number of likely N-dealkylation sites (tertiary alicyclic amines) is 1. The number of aromatic hydroxyl groups is 1. The van der Waals surface area contributed by atoms with E-state index in [1.165, 1.54) is 37.8 Å². The van der Waals surface area contributed by atoms with Crippen molar-refractivity contribution in [3.8, 4) is 17.2 Å². The smallest absolute Gasteiger partial charge is 0.332 e. The molecule has 0 atom stereocenters. The molecule has 0 bridgehead atoms. The number of phenols is 1. The second kappa shape index (κ2) is 9.01. The minimum Gasteiger partial charge on any atom is -0.508 e. The average Bonchev–Trinajstić information content (AvgIpc) is 2.82. The van der Waals surface area contributed by atoms with E-state index in [1.54, 1.807) is 33.7 Å². The van der Waals surface area contributed by atoms with Crippen LogP contribution in [0.25, 0.3) is 10.9 Å². The van der Waals surface area contributed by atoms with Gasteiger partial charge in [0.25, 0.3) is 5.56 Å². The van der Waals surface area contributed by atoms with Gasteiger partial charge in [-0.15, -0.1) is 0 Å². The van der Waals surface area contributed by atoms with E-state index in [0.717, 1.165) is 0 Å². The fraction of sp³-hybridized carbons (Fsp3) is 0.375. The van der Waals surface area contributed by atoms with Crippen LogP contribution in [0.1, 0.15) is 31.4 Å². The van der Waals surface area contributed by atoms with Gasteiger partial charge in [0.2, 0.25) is 5.91 Å². The average molecular weight is 453 g/mol. The van der Waals surface area contributed by atoms with Crippen LogP contribution in [0.4, 0.5) is 0 Å². The molecule has 0 radical (unpaired) electrons. The molecule has 3 aromatic rings. The first kappa shape index (κ1) is 22.4. The van der Waals surface area contributed by atoms with Gasteiger partial charge < -0.3 is 19.5 Å². The molecular weight excluding hydrogens is 426 g/mol. The van der Waals surface area contributed by atoms with E-state index in [1.807, 2.05) is 0 Å². The van der Waals surface area contributed by atoms with Crippen molar-refractivity contribution in [3.63, 3.8) is 0 Å². The molecule has 33 heavy (non-hydrogen) atoms. The molecule has 0 aliphatic carbocycles. The number of carbonyl (C=O) groups is 1. The fourth-order valence-electron chi connectivity index (χ4n) is 4.46. The van der Waals surface area contributed by atoms with Gasteiger partial charge in [-0.05, 0) is 48.7 Å². The first-order valence-corrected chi connectivity index (χ1v) is 10.8. The van der Waals surface area contributed by atoms with Gasteiger partial charge in [-0.1, -0.05) is 6.07 Å². The van der Waals surface area contributed by atoms with Crippen LogP contribution in [0.2, 0.25) is 0 Å². The zero-order chi connectivity index (χ0) is 23.7. The third-order valence-corrected chi connectivity index (χ3v) is 6.22. The van der Waals surface area contributed by atoms with Crippen molar-refractivity contribution in [3.05, 3.63) is 62.8 Å². The normalized spacial score (nSPS) is 14.5. The van der Waals surface area contributed by atoms with E-state index in [0.29, 0.717) is 48.5 Å². The van der Waals surface area contributed by atoms with Crippen molar-refractivity contribution < 1.29 is 19.4 Å². The SMILES string of the molecule is COc1ccc(Cn2c(=O)c3cc(O)ccc3n(C3CCN(C(C)=O)CC3)c2=O)cc1OC. The summed E-state index contributed by atoms with van der Waals surface area (Å²) in [6, 6.07) is 9.53. The van der Waals surface area contributed by atoms with Gasteiger partial charge >= 0.3 is 5.69 Å². The van der Waals surface area contributed by atoms with Crippen LogP contribution in [0, 0.1) is 0 Å². The Morgan fingerprint density at radius 1 is 1.03 bits per heavy atom. The quantitative estimate of drug-likeness (QED) is 0.635. The van der Waals surface area contributed by atoms with Gasteiger partial charge in [-0.2, -0.15) is 0 Å². The lowest BCUT2D eigenvalue weighted by atomic mass is 10.0. The Morgan fingerprint density at radius 3 is 2.36 bits per heavy atom. The van der Waals surface area contributed by atoms with Crippen molar-refractivity contribution in [2.45, 2.75) is 32.4 Å². The molecule has 1 N–H and O–H groups in total. The van der Waals surface area contributed by atoms with E-state index < -0.39 is 11.2 Å². The number of phenolic OH excluding ortho intramolecular Hbond substituents is 1. The minimum atomic E-state index is -0.474. The Hall–Kier alpha value is -3.75. The van der Waals surface area contributed by atoms with Crippen molar-refractivity contribution in [2.24, 2.45) is 0 Å². The third kappa shape index (κ3) is 4.18. The number of methoxy groups -OCH3 is 2. The standard InChI is InChI=1S/C24H27N3O6/c1-15(28)25-10-8-17(9-11-25)27-20-6-5-18(29)13-19(20)23(30)26(24(27)31)14-16-4-7-21(32-2)22(12-16)33-3/h4-7,12-13,17,29H,8-11,14H2,1-3H3. The largest absolute Gasteiger partial charge is 0.508 e. The number of hydrogen-bond donors (Lipinski definition) is 1. The molecule has 1 aliphatic rings. The lowest BCUT2D eigenvalue weighted by Gasteiger charge is -2.33. The van der Waals surface area contributed by atoms with E-state index in [9.17, 15) is 19.5 Å². The molecule has 1 aromatic heterocycles. The molecule has 0 unspecified atom stereocenters. The number of piperidine rings is 1. The number of rotatable bonds is 5. The molecule has 2 aromatic carbocycles. The van der Waals surface area contributed by atoms with Crippen LogP contribution < -0.4 is 20.7 Å². The monoisotopic (exact) mass is 453 g/mol. The third-order valence-electron chi connectivity index (χ3n) is 6.22. The molecule has 1 amide bonds. The maximum Gasteiger partial charge on any atom is 0.332 e. The first-order chi connectivity index (χ1) is 15.8. The molecule has 4 rings (SSSR count). The van der Waals surface area contributed by atoms with Crippen molar-refractivity contribution >= 4 is 16.8 Å². The Kier molecular flexibility index (Phi) is 6.13. The summed E-state index contributed by atoms with van der Waals surface area (Å²) in [5.41, 5.74) is 0.282. The summed E-state index contributed by atoms with van der Waals surface area (Å²) in [7, 11) is 3.06. The maximum absolute atomic E-state index is 13.6. The molecule has 9 heteroatoms. The Morgan fingerprint density at radius 2 is 1.73 bits per heavy atom. The predicted molar refractivity (Wildman–Crippen MR) is 123 cm³/mol. The fourth-order valence-corrected chi connectivity index (χ4v) is 4.46. The molecule has 2 heterocycles. The summed E-state index contributed by atoms with van der Waals surface area (Å²) in [4.78, 5) is 40.4. The Balaban J connectivity index is 1.83. The van der Waals surface area contributed by atoms with Gasteiger partial charge in [0.05, 0.1) is 31.7 Å². The van der Waals surface area contributed by atoms with Crippen LogP contribution >= 0.6 is 0 Å². The van der Waals surface area contributed by atoms with Gasteiger partial charge in [0.1, 0.15) is 5.75 Å². The first-order valence-electron chi connectivity index (χ1n) is 10.8. The summed E-state index contributed by atoms with van der Waals surface area (Å²) < 4.78 is 13.4. The van der Waals surface area contributed by atoms with Crippen molar-refractivity contribution in [2.75, 3.05) is 27.3 Å². The molecule has 0 spiro atoms. The molecule has 174 valence electrons. The molecule has 1 aliphatic heterocycles. The van der Waals surface area contributed by atoms with Crippen LogP contribution in [0.5, 0.6) is 17.2 Å². The van der Waals surface area contributed by atoms with E-state index >= 15 is 0 Å². The lowest BCUT2D eigenvalue weighted by molar-refractivity contribution is -0.130. The summed E-state index contributed by atoms with van der Waals surface area (Å²) in [5, 5.41) is 10.3. The Labute approximate surface area is 190 Å².